The number of ether oxygens (including phenoxy) is 1. The van der Waals surface area contributed by atoms with Gasteiger partial charge in [0.15, 0.2) is 11.6 Å². The average Bonchev–Trinajstić information content (AvgIpc) is 2.38. The first-order chi connectivity index (χ1) is 9.44. The van der Waals surface area contributed by atoms with Gasteiger partial charge in [-0.15, -0.1) is 0 Å². The van der Waals surface area contributed by atoms with Crippen LogP contribution in [-0.2, 0) is 10.0 Å². The van der Waals surface area contributed by atoms with Gasteiger partial charge in [0.2, 0.25) is 0 Å². The van der Waals surface area contributed by atoms with Gasteiger partial charge < -0.3 is 4.74 Å². The molecule has 2 aromatic carbocycles. The quantitative estimate of drug-likeness (QED) is 0.944. The van der Waals surface area contributed by atoms with Gasteiger partial charge in [0, 0.05) is 6.07 Å². The lowest BCUT2D eigenvalue weighted by Gasteiger charge is -2.10. The molecule has 0 spiro atoms. The summed E-state index contributed by atoms with van der Waals surface area (Å²) in [6.07, 6.45) is 0. The molecule has 0 bridgehead atoms. The molecule has 0 unspecified atom stereocenters. The lowest BCUT2D eigenvalue weighted by molar-refractivity contribution is 0.386. The molecule has 2 aromatic rings. The second-order valence-corrected chi connectivity index (χ2v) is 5.54. The average molecular weight is 299 g/mol. The minimum atomic E-state index is -4.11. The highest BCUT2D eigenvalue weighted by molar-refractivity contribution is 7.92. The largest absolute Gasteiger partial charge is 0.494 e. The molecule has 1 N–H and O–H groups in total. The van der Waals surface area contributed by atoms with Crippen molar-refractivity contribution in [2.45, 2.75) is 4.90 Å². The van der Waals surface area contributed by atoms with Gasteiger partial charge in [0.1, 0.15) is 10.7 Å². The lowest BCUT2D eigenvalue weighted by Crippen LogP contribution is -2.14. The Morgan fingerprint density at radius 1 is 1.05 bits per heavy atom. The van der Waals surface area contributed by atoms with Gasteiger partial charge in [-0.05, 0) is 24.3 Å². The van der Waals surface area contributed by atoms with Crippen LogP contribution in [0.5, 0.6) is 5.75 Å². The van der Waals surface area contributed by atoms with Gasteiger partial charge in [-0.25, -0.2) is 17.2 Å². The van der Waals surface area contributed by atoms with Crippen molar-refractivity contribution in [3.8, 4) is 5.75 Å². The number of anilines is 1. The maximum absolute atomic E-state index is 13.5. The zero-order valence-corrected chi connectivity index (χ0v) is 11.2. The van der Waals surface area contributed by atoms with E-state index in [0.717, 1.165) is 18.2 Å². The highest BCUT2D eigenvalue weighted by Crippen LogP contribution is 2.23. The Bertz CT molecular complexity index is 732. The number of halogens is 2. The summed E-state index contributed by atoms with van der Waals surface area (Å²) in [6.45, 7) is 0. The second-order valence-electron chi connectivity index (χ2n) is 3.89. The smallest absolute Gasteiger partial charge is 0.264 e. The van der Waals surface area contributed by atoms with Gasteiger partial charge >= 0.3 is 0 Å². The van der Waals surface area contributed by atoms with E-state index in [9.17, 15) is 17.2 Å². The van der Waals surface area contributed by atoms with E-state index in [2.05, 4.69) is 4.72 Å². The van der Waals surface area contributed by atoms with Crippen LogP contribution in [0.1, 0.15) is 0 Å². The van der Waals surface area contributed by atoms with E-state index in [1.807, 2.05) is 0 Å². The van der Waals surface area contributed by atoms with E-state index < -0.39 is 26.6 Å². The monoisotopic (exact) mass is 299 g/mol. The first-order valence-corrected chi connectivity index (χ1v) is 7.03. The van der Waals surface area contributed by atoms with E-state index in [-0.39, 0.29) is 11.4 Å². The number of nitrogens with one attached hydrogen (secondary N) is 1. The van der Waals surface area contributed by atoms with Crippen LogP contribution in [0.3, 0.4) is 0 Å². The Morgan fingerprint density at radius 3 is 2.35 bits per heavy atom. The topological polar surface area (TPSA) is 55.4 Å². The van der Waals surface area contributed by atoms with Gasteiger partial charge in [-0.3, -0.25) is 4.72 Å². The molecule has 0 aromatic heterocycles. The summed E-state index contributed by atoms with van der Waals surface area (Å²) in [5, 5.41) is 0. The van der Waals surface area contributed by atoms with Crippen LogP contribution in [0.25, 0.3) is 0 Å². The first kappa shape index (κ1) is 14.3. The van der Waals surface area contributed by atoms with E-state index >= 15 is 0 Å². The van der Waals surface area contributed by atoms with Crippen molar-refractivity contribution >= 4 is 15.7 Å². The van der Waals surface area contributed by atoms with Gasteiger partial charge in [0.05, 0.1) is 12.8 Å². The molecular weight excluding hydrogens is 288 g/mol. The summed E-state index contributed by atoms with van der Waals surface area (Å²) in [4.78, 5) is -0.503. The Kier molecular flexibility index (Phi) is 3.89. The summed E-state index contributed by atoms with van der Waals surface area (Å²) in [6, 6.07) is 8.47. The molecule has 0 fully saturated rings. The van der Waals surface area contributed by atoms with Crippen molar-refractivity contribution in [3.05, 3.63) is 54.1 Å². The normalized spacial score (nSPS) is 11.2. The summed E-state index contributed by atoms with van der Waals surface area (Å²) in [7, 11) is -2.82. The highest BCUT2D eigenvalue weighted by atomic mass is 32.2. The summed E-state index contributed by atoms with van der Waals surface area (Å²) in [5.74, 6) is -1.62. The fraction of sp³-hybridized carbons (Fsp3) is 0.0769. The highest BCUT2D eigenvalue weighted by Gasteiger charge is 2.19. The van der Waals surface area contributed by atoms with Crippen molar-refractivity contribution in [1.82, 2.24) is 0 Å². The van der Waals surface area contributed by atoms with Crippen LogP contribution >= 0.6 is 0 Å². The molecule has 2 rings (SSSR count). The third-order valence-corrected chi connectivity index (χ3v) is 3.94. The lowest BCUT2D eigenvalue weighted by atomic mass is 10.3. The summed E-state index contributed by atoms with van der Waals surface area (Å²) < 4.78 is 57.7. The molecule has 0 aliphatic carbocycles. The number of sulfonamides is 1. The second kappa shape index (κ2) is 5.46. The minimum absolute atomic E-state index is 0.0150. The molecular formula is C13H11F2NO3S. The van der Waals surface area contributed by atoms with Crippen LogP contribution in [0.4, 0.5) is 14.5 Å². The van der Waals surface area contributed by atoms with Crippen molar-refractivity contribution < 1.29 is 21.9 Å². The third kappa shape index (κ3) is 2.88. The van der Waals surface area contributed by atoms with Crippen molar-refractivity contribution in [2.24, 2.45) is 0 Å². The molecule has 0 amide bonds. The zero-order chi connectivity index (χ0) is 14.8. The standard InChI is InChI=1S/C13H11F2NO3S/c1-19-12-7-6-9(8-11(12)15)16-20(17,18)13-5-3-2-4-10(13)14/h2-8,16H,1H3. The third-order valence-electron chi connectivity index (χ3n) is 2.53. The molecule has 0 heterocycles. The van der Waals surface area contributed by atoms with E-state index in [1.54, 1.807) is 0 Å². The van der Waals surface area contributed by atoms with E-state index in [1.165, 1.54) is 31.4 Å². The van der Waals surface area contributed by atoms with E-state index in [0.29, 0.717) is 0 Å². The van der Waals surface area contributed by atoms with E-state index in [4.69, 9.17) is 4.74 Å². The molecule has 7 heteroatoms. The van der Waals surface area contributed by atoms with Crippen molar-refractivity contribution in [3.63, 3.8) is 0 Å². The first-order valence-electron chi connectivity index (χ1n) is 5.55. The number of methoxy groups -OCH3 is 1. The maximum atomic E-state index is 13.5. The van der Waals surface area contributed by atoms with Crippen LogP contribution in [0.15, 0.2) is 47.4 Å². The van der Waals surface area contributed by atoms with Gasteiger partial charge in [-0.1, -0.05) is 12.1 Å². The molecule has 4 nitrogen and oxygen atoms in total. The number of rotatable bonds is 4. The van der Waals surface area contributed by atoms with Crippen LogP contribution in [0.2, 0.25) is 0 Å². The van der Waals surface area contributed by atoms with Crippen LogP contribution in [-0.4, -0.2) is 15.5 Å². The Balaban J connectivity index is 2.34. The molecule has 0 radical (unpaired) electrons. The molecule has 0 saturated carbocycles. The molecule has 106 valence electrons. The molecule has 0 saturated heterocycles. The summed E-state index contributed by atoms with van der Waals surface area (Å²) >= 11 is 0. The van der Waals surface area contributed by atoms with Crippen molar-refractivity contribution in [1.29, 1.82) is 0 Å². The van der Waals surface area contributed by atoms with Crippen LogP contribution < -0.4 is 9.46 Å². The predicted molar refractivity (Wildman–Crippen MR) is 70.2 cm³/mol. The number of benzene rings is 2. The number of hydrogen-bond donors (Lipinski definition) is 1. The number of hydrogen-bond acceptors (Lipinski definition) is 3. The molecule has 20 heavy (non-hydrogen) atoms. The fourth-order valence-electron chi connectivity index (χ4n) is 1.60. The summed E-state index contributed by atoms with van der Waals surface area (Å²) in [5.41, 5.74) is -0.0217. The van der Waals surface area contributed by atoms with Gasteiger partial charge in [0.25, 0.3) is 10.0 Å². The SMILES string of the molecule is COc1ccc(NS(=O)(=O)c2ccccc2F)cc1F. The Labute approximate surface area is 115 Å². The maximum Gasteiger partial charge on any atom is 0.264 e. The zero-order valence-electron chi connectivity index (χ0n) is 10.4. The van der Waals surface area contributed by atoms with Crippen LogP contribution in [0, 0.1) is 11.6 Å². The molecule has 0 aliphatic heterocycles. The predicted octanol–water partition coefficient (Wildman–Crippen LogP) is 2.77. The Hall–Kier alpha value is -2.15. The Morgan fingerprint density at radius 2 is 1.75 bits per heavy atom. The fourth-order valence-corrected chi connectivity index (χ4v) is 2.73. The molecule has 0 atom stereocenters. The minimum Gasteiger partial charge on any atom is -0.494 e. The van der Waals surface area contributed by atoms with Gasteiger partial charge in [-0.2, -0.15) is 0 Å². The molecule has 0 aliphatic rings. The van der Waals surface area contributed by atoms with Crippen molar-refractivity contribution in [2.75, 3.05) is 11.8 Å².